The standard InChI is InChI=1S/C20H28O/c1-16-12-13-20(19-11-7-6-10-18(16)19)21-15-14-17-8-4-2-3-5-9-17/h7,11-13,17H,2-6,8-10,14-15H2,1H3. The Labute approximate surface area is 129 Å². The fraction of sp³-hybridized carbons (Fsp3) is 0.600. The Balaban J connectivity index is 1.59. The summed E-state index contributed by atoms with van der Waals surface area (Å²) in [5, 5.41) is 0. The molecule has 0 spiro atoms. The predicted octanol–water partition coefficient (Wildman–Crippen LogP) is 5.69. The van der Waals surface area contributed by atoms with Gasteiger partial charge < -0.3 is 4.74 Å². The Hall–Kier alpha value is -1.24. The second-order valence-electron chi connectivity index (χ2n) is 6.71. The Morgan fingerprint density at radius 1 is 1.10 bits per heavy atom. The smallest absolute Gasteiger partial charge is 0.126 e. The Bertz CT molecular complexity index is 493. The van der Waals surface area contributed by atoms with E-state index in [1.165, 1.54) is 68.1 Å². The Morgan fingerprint density at radius 3 is 2.71 bits per heavy atom. The lowest BCUT2D eigenvalue weighted by atomic mass is 9.92. The van der Waals surface area contributed by atoms with Crippen LogP contribution in [0.3, 0.4) is 0 Å². The molecule has 0 heterocycles. The van der Waals surface area contributed by atoms with E-state index < -0.39 is 0 Å². The second-order valence-corrected chi connectivity index (χ2v) is 6.71. The summed E-state index contributed by atoms with van der Waals surface area (Å²) in [6.45, 7) is 3.10. The minimum Gasteiger partial charge on any atom is -0.493 e. The molecule has 0 atom stereocenters. The van der Waals surface area contributed by atoms with E-state index in [0.29, 0.717) is 0 Å². The lowest BCUT2D eigenvalue weighted by Gasteiger charge is -2.19. The number of aryl methyl sites for hydroxylation is 1. The van der Waals surface area contributed by atoms with E-state index in [-0.39, 0.29) is 0 Å². The van der Waals surface area contributed by atoms with Crippen molar-refractivity contribution in [2.75, 3.05) is 6.61 Å². The molecule has 2 aliphatic rings. The highest BCUT2D eigenvalue weighted by Gasteiger charge is 2.15. The summed E-state index contributed by atoms with van der Waals surface area (Å²) in [5.74, 6) is 1.99. The Kier molecular flexibility index (Phi) is 5.00. The number of ether oxygens (including phenoxy) is 1. The van der Waals surface area contributed by atoms with Gasteiger partial charge in [0, 0.05) is 5.56 Å². The van der Waals surface area contributed by atoms with Crippen LogP contribution in [0.2, 0.25) is 0 Å². The average Bonchev–Trinajstić information content (AvgIpc) is 2.79. The zero-order valence-corrected chi connectivity index (χ0v) is 13.4. The van der Waals surface area contributed by atoms with E-state index in [0.717, 1.165) is 24.7 Å². The van der Waals surface area contributed by atoms with E-state index in [1.807, 2.05) is 0 Å². The van der Waals surface area contributed by atoms with Gasteiger partial charge in [0.05, 0.1) is 6.61 Å². The SMILES string of the molecule is Cc1ccc(OCCC2CCCCCC2)c2c1CCC=C2. The van der Waals surface area contributed by atoms with Crippen molar-refractivity contribution in [1.82, 2.24) is 0 Å². The first-order valence-electron chi connectivity index (χ1n) is 8.76. The quantitative estimate of drug-likeness (QED) is 0.645. The molecular formula is C20H28O. The van der Waals surface area contributed by atoms with E-state index in [1.54, 1.807) is 0 Å². The van der Waals surface area contributed by atoms with Crippen molar-refractivity contribution in [3.63, 3.8) is 0 Å². The van der Waals surface area contributed by atoms with Crippen LogP contribution in [0.15, 0.2) is 18.2 Å². The van der Waals surface area contributed by atoms with Crippen LogP contribution >= 0.6 is 0 Å². The second kappa shape index (κ2) is 7.15. The monoisotopic (exact) mass is 284 g/mol. The van der Waals surface area contributed by atoms with E-state index in [4.69, 9.17) is 4.74 Å². The van der Waals surface area contributed by atoms with Crippen LogP contribution < -0.4 is 4.74 Å². The lowest BCUT2D eigenvalue weighted by Crippen LogP contribution is -2.08. The summed E-state index contributed by atoms with van der Waals surface area (Å²) < 4.78 is 6.15. The molecule has 0 saturated heterocycles. The molecular weight excluding hydrogens is 256 g/mol. The first-order valence-corrected chi connectivity index (χ1v) is 8.76. The number of fused-ring (bicyclic) bond motifs is 1. The van der Waals surface area contributed by atoms with Gasteiger partial charge in [-0.15, -0.1) is 0 Å². The largest absolute Gasteiger partial charge is 0.493 e. The molecule has 21 heavy (non-hydrogen) atoms. The molecule has 0 unspecified atom stereocenters. The van der Waals surface area contributed by atoms with E-state index in [2.05, 4.69) is 31.2 Å². The lowest BCUT2D eigenvalue weighted by molar-refractivity contribution is 0.266. The first-order chi connectivity index (χ1) is 10.3. The van der Waals surface area contributed by atoms with Crippen molar-refractivity contribution in [3.05, 3.63) is 34.9 Å². The van der Waals surface area contributed by atoms with Gasteiger partial charge >= 0.3 is 0 Å². The van der Waals surface area contributed by atoms with Crippen LogP contribution in [0.5, 0.6) is 5.75 Å². The maximum absolute atomic E-state index is 6.15. The third-order valence-electron chi connectivity index (χ3n) is 5.16. The van der Waals surface area contributed by atoms with Crippen molar-refractivity contribution >= 4 is 6.08 Å². The van der Waals surface area contributed by atoms with Crippen molar-refractivity contribution in [2.24, 2.45) is 5.92 Å². The van der Waals surface area contributed by atoms with Gasteiger partial charge in [-0.1, -0.05) is 56.7 Å². The van der Waals surface area contributed by atoms with Gasteiger partial charge in [-0.2, -0.15) is 0 Å². The topological polar surface area (TPSA) is 9.23 Å². The minimum absolute atomic E-state index is 0.883. The summed E-state index contributed by atoms with van der Waals surface area (Å²) in [4.78, 5) is 0. The summed E-state index contributed by atoms with van der Waals surface area (Å²) in [7, 11) is 0. The number of hydrogen-bond acceptors (Lipinski definition) is 1. The number of rotatable bonds is 4. The molecule has 0 bridgehead atoms. The molecule has 1 saturated carbocycles. The maximum Gasteiger partial charge on any atom is 0.126 e. The van der Waals surface area contributed by atoms with Crippen LogP contribution in [0.25, 0.3) is 6.08 Å². The van der Waals surface area contributed by atoms with Crippen LogP contribution in [-0.2, 0) is 6.42 Å². The van der Waals surface area contributed by atoms with Gasteiger partial charge in [0.25, 0.3) is 0 Å². The number of hydrogen-bond donors (Lipinski definition) is 0. The normalized spacial score (nSPS) is 19.1. The summed E-state index contributed by atoms with van der Waals surface area (Å²) in [5.41, 5.74) is 4.23. The first kappa shape index (κ1) is 14.7. The fourth-order valence-corrected chi connectivity index (χ4v) is 3.81. The fourth-order valence-electron chi connectivity index (χ4n) is 3.81. The van der Waals surface area contributed by atoms with Crippen molar-refractivity contribution in [3.8, 4) is 5.75 Å². The highest BCUT2D eigenvalue weighted by atomic mass is 16.5. The molecule has 1 heteroatoms. The van der Waals surface area contributed by atoms with Gasteiger partial charge in [0.1, 0.15) is 5.75 Å². The van der Waals surface area contributed by atoms with Gasteiger partial charge in [-0.25, -0.2) is 0 Å². The van der Waals surface area contributed by atoms with E-state index >= 15 is 0 Å². The highest BCUT2D eigenvalue weighted by Crippen LogP contribution is 2.32. The molecule has 1 nitrogen and oxygen atoms in total. The van der Waals surface area contributed by atoms with Gasteiger partial charge in [-0.3, -0.25) is 0 Å². The van der Waals surface area contributed by atoms with E-state index in [9.17, 15) is 0 Å². The van der Waals surface area contributed by atoms with Gasteiger partial charge in [-0.05, 0) is 49.3 Å². The summed E-state index contributed by atoms with van der Waals surface area (Å²) in [6.07, 6.45) is 16.6. The molecule has 1 aromatic carbocycles. The van der Waals surface area contributed by atoms with Crippen LogP contribution in [0.4, 0.5) is 0 Å². The highest BCUT2D eigenvalue weighted by molar-refractivity contribution is 5.65. The molecule has 0 N–H and O–H groups in total. The minimum atomic E-state index is 0.883. The third-order valence-corrected chi connectivity index (χ3v) is 5.16. The van der Waals surface area contributed by atoms with Crippen LogP contribution in [0.1, 0.15) is 68.1 Å². The predicted molar refractivity (Wildman–Crippen MR) is 89.8 cm³/mol. The average molecular weight is 284 g/mol. The molecule has 114 valence electrons. The van der Waals surface area contributed by atoms with Crippen molar-refractivity contribution in [2.45, 2.75) is 64.7 Å². The van der Waals surface area contributed by atoms with Crippen molar-refractivity contribution in [1.29, 1.82) is 0 Å². The van der Waals surface area contributed by atoms with Gasteiger partial charge in [0.15, 0.2) is 0 Å². The molecule has 0 aliphatic heterocycles. The van der Waals surface area contributed by atoms with Crippen LogP contribution in [-0.4, -0.2) is 6.61 Å². The van der Waals surface area contributed by atoms with Gasteiger partial charge in [0.2, 0.25) is 0 Å². The number of allylic oxidation sites excluding steroid dienone is 1. The summed E-state index contributed by atoms with van der Waals surface area (Å²) >= 11 is 0. The third kappa shape index (κ3) is 3.70. The zero-order chi connectivity index (χ0) is 14.5. The number of benzene rings is 1. The summed E-state index contributed by atoms with van der Waals surface area (Å²) in [6, 6.07) is 4.38. The molecule has 2 aliphatic carbocycles. The Morgan fingerprint density at radius 2 is 1.90 bits per heavy atom. The molecule has 1 fully saturated rings. The maximum atomic E-state index is 6.15. The molecule has 0 radical (unpaired) electrons. The zero-order valence-electron chi connectivity index (χ0n) is 13.4. The molecule has 0 amide bonds. The van der Waals surface area contributed by atoms with Crippen LogP contribution in [0, 0.1) is 12.8 Å². The molecule has 0 aromatic heterocycles. The molecule has 1 aromatic rings. The molecule has 3 rings (SSSR count). The van der Waals surface area contributed by atoms with Crippen molar-refractivity contribution < 1.29 is 4.74 Å².